The van der Waals surface area contributed by atoms with Crippen LogP contribution in [-0.2, 0) is 9.47 Å². The first kappa shape index (κ1) is 23.2. The zero-order valence-electron chi connectivity index (χ0n) is 18.4. The van der Waals surface area contributed by atoms with Gasteiger partial charge < -0.3 is 9.47 Å². The topological polar surface area (TPSA) is 21.7 Å². The number of nitrogens with zero attached hydrogens (tertiary/aromatic N) is 1. The minimum atomic E-state index is -0.222. The lowest BCUT2D eigenvalue weighted by atomic mass is 9.66. The van der Waals surface area contributed by atoms with Crippen molar-refractivity contribution in [3.63, 3.8) is 0 Å². The third-order valence-electron chi connectivity index (χ3n) is 6.22. The van der Waals surface area contributed by atoms with Crippen LogP contribution in [0.4, 0.5) is 0 Å². The molecule has 0 radical (unpaired) electrons. The average molecular weight is 404 g/mol. The summed E-state index contributed by atoms with van der Waals surface area (Å²) < 4.78 is 10.9. The van der Waals surface area contributed by atoms with Gasteiger partial charge in [-0.3, -0.25) is 4.90 Å². The maximum Gasteiger partial charge on any atom is 0.0659 e. The number of hydrogen-bond donors (Lipinski definition) is 0. The van der Waals surface area contributed by atoms with Crippen molar-refractivity contribution in [3.8, 4) is 0 Å². The smallest absolute Gasteiger partial charge is 0.0659 e. The SMILES string of the molecule is COCCN(CCOC)C1(C(=S)c2ccc(C(C)C)cc2)C(C)C=CCC1C. The molecule has 2 rings (SSSR count). The van der Waals surface area contributed by atoms with Crippen molar-refractivity contribution in [2.45, 2.75) is 45.6 Å². The number of hydrogen-bond acceptors (Lipinski definition) is 4. The van der Waals surface area contributed by atoms with Crippen molar-refractivity contribution < 1.29 is 9.47 Å². The lowest BCUT2D eigenvalue weighted by molar-refractivity contribution is 0.0205. The zero-order chi connectivity index (χ0) is 20.7. The van der Waals surface area contributed by atoms with Gasteiger partial charge in [-0.05, 0) is 35.3 Å². The minimum absolute atomic E-state index is 0.222. The molecule has 156 valence electrons. The molecule has 1 aromatic rings. The second-order valence-corrected chi connectivity index (χ2v) is 8.67. The molecule has 0 heterocycles. The number of methoxy groups -OCH3 is 2. The summed E-state index contributed by atoms with van der Waals surface area (Å²) in [6.45, 7) is 12.1. The van der Waals surface area contributed by atoms with E-state index >= 15 is 0 Å². The van der Waals surface area contributed by atoms with Gasteiger partial charge in [0, 0.05) is 32.2 Å². The number of ether oxygens (including phenoxy) is 2. The first-order chi connectivity index (χ1) is 13.4. The summed E-state index contributed by atoms with van der Waals surface area (Å²) in [7, 11) is 3.52. The van der Waals surface area contributed by atoms with Crippen LogP contribution in [0.5, 0.6) is 0 Å². The Kier molecular flexibility index (Phi) is 8.81. The highest BCUT2D eigenvalue weighted by Gasteiger charge is 2.49. The van der Waals surface area contributed by atoms with Gasteiger partial charge >= 0.3 is 0 Å². The van der Waals surface area contributed by atoms with E-state index in [-0.39, 0.29) is 5.54 Å². The van der Waals surface area contributed by atoms with Crippen LogP contribution in [0.1, 0.15) is 51.2 Å². The van der Waals surface area contributed by atoms with Gasteiger partial charge in [0.2, 0.25) is 0 Å². The molecule has 0 bridgehead atoms. The monoisotopic (exact) mass is 403 g/mol. The normalized spacial score (nSPS) is 24.9. The third kappa shape index (κ3) is 4.73. The molecule has 0 aromatic heterocycles. The maximum atomic E-state index is 6.24. The Morgan fingerprint density at radius 1 is 1.11 bits per heavy atom. The number of thiocarbonyl (C=S) groups is 1. The molecule has 0 saturated heterocycles. The lowest BCUT2D eigenvalue weighted by Crippen LogP contribution is -2.64. The zero-order valence-corrected chi connectivity index (χ0v) is 19.2. The summed E-state index contributed by atoms with van der Waals surface area (Å²) >= 11 is 6.24. The summed E-state index contributed by atoms with van der Waals surface area (Å²) in [5.74, 6) is 1.26. The molecule has 0 amide bonds. The maximum absolute atomic E-state index is 6.24. The Labute approximate surface area is 177 Å². The van der Waals surface area contributed by atoms with Crippen LogP contribution in [-0.4, -0.2) is 55.8 Å². The van der Waals surface area contributed by atoms with Crippen LogP contribution in [0, 0.1) is 11.8 Å². The Morgan fingerprint density at radius 3 is 2.14 bits per heavy atom. The summed E-state index contributed by atoms with van der Waals surface area (Å²) in [5, 5.41) is 0. The molecule has 4 heteroatoms. The largest absolute Gasteiger partial charge is 0.383 e. The molecule has 0 spiro atoms. The van der Waals surface area contributed by atoms with Crippen molar-refractivity contribution >= 4 is 17.1 Å². The van der Waals surface area contributed by atoms with Crippen LogP contribution in [0.25, 0.3) is 0 Å². The number of rotatable bonds is 10. The molecule has 1 aliphatic rings. The van der Waals surface area contributed by atoms with Crippen LogP contribution in [0.3, 0.4) is 0 Å². The molecule has 3 unspecified atom stereocenters. The van der Waals surface area contributed by atoms with E-state index < -0.39 is 0 Å². The Balaban J connectivity index is 2.50. The Bertz CT molecular complexity index is 647. The predicted molar refractivity (Wildman–Crippen MR) is 122 cm³/mol. The second kappa shape index (κ2) is 10.6. The fraction of sp³-hybridized carbons (Fsp3) is 0.625. The van der Waals surface area contributed by atoms with Crippen LogP contribution in [0.15, 0.2) is 36.4 Å². The molecule has 28 heavy (non-hydrogen) atoms. The second-order valence-electron chi connectivity index (χ2n) is 8.26. The summed E-state index contributed by atoms with van der Waals surface area (Å²) in [5.41, 5.74) is 2.29. The van der Waals surface area contributed by atoms with Crippen molar-refractivity contribution in [2.75, 3.05) is 40.5 Å². The lowest BCUT2D eigenvalue weighted by Gasteiger charge is -2.53. The van der Waals surface area contributed by atoms with Crippen molar-refractivity contribution in [2.24, 2.45) is 11.8 Å². The van der Waals surface area contributed by atoms with E-state index in [9.17, 15) is 0 Å². The molecule has 1 aliphatic carbocycles. The Morgan fingerprint density at radius 2 is 1.68 bits per heavy atom. The fourth-order valence-corrected chi connectivity index (χ4v) is 5.22. The van der Waals surface area contributed by atoms with Gasteiger partial charge in [0.15, 0.2) is 0 Å². The first-order valence-electron chi connectivity index (χ1n) is 10.4. The molecule has 3 atom stereocenters. The fourth-order valence-electron chi connectivity index (χ4n) is 4.57. The van der Waals surface area contributed by atoms with Crippen molar-refractivity contribution in [3.05, 3.63) is 47.5 Å². The van der Waals surface area contributed by atoms with E-state index in [4.69, 9.17) is 21.7 Å². The number of benzene rings is 1. The van der Waals surface area contributed by atoms with Crippen LogP contribution >= 0.6 is 12.2 Å². The van der Waals surface area contributed by atoms with Crippen molar-refractivity contribution in [1.82, 2.24) is 4.90 Å². The molecule has 0 fully saturated rings. The van der Waals surface area contributed by atoms with Crippen molar-refractivity contribution in [1.29, 1.82) is 0 Å². The van der Waals surface area contributed by atoms with Gasteiger partial charge in [0.25, 0.3) is 0 Å². The summed E-state index contributed by atoms with van der Waals surface area (Å²) in [4.78, 5) is 3.55. The molecular formula is C24H37NO2S. The van der Waals surface area contributed by atoms with E-state index in [0.717, 1.165) is 29.9 Å². The quantitative estimate of drug-likeness (QED) is 0.308. The first-order valence-corrected chi connectivity index (χ1v) is 10.8. The molecule has 0 aliphatic heterocycles. The van der Waals surface area contributed by atoms with E-state index in [1.165, 1.54) is 5.56 Å². The van der Waals surface area contributed by atoms with E-state index in [2.05, 4.69) is 69.0 Å². The summed E-state index contributed by atoms with van der Waals surface area (Å²) in [6.07, 6.45) is 5.68. The Hall–Kier alpha value is -1.07. The van der Waals surface area contributed by atoms with Gasteiger partial charge in [-0.25, -0.2) is 0 Å². The molecule has 3 nitrogen and oxygen atoms in total. The van der Waals surface area contributed by atoms with Crippen LogP contribution < -0.4 is 0 Å². The van der Waals surface area contributed by atoms with Gasteiger partial charge in [0.05, 0.1) is 18.8 Å². The highest BCUT2D eigenvalue weighted by atomic mass is 32.1. The van der Waals surface area contributed by atoms with E-state index in [0.29, 0.717) is 31.0 Å². The van der Waals surface area contributed by atoms with Gasteiger partial charge in [-0.15, -0.1) is 0 Å². The predicted octanol–water partition coefficient (Wildman–Crippen LogP) is 5.09. The molecule has 1 aromatic carbocycles. The van der Waals surface area contributed by atoms with Gasteiger partial charge in [-0.2, -0.15) is 0 Å². The number of allylic oxidation sites excluding steroid dienone is 1. The third-order valence-corrected chi connectivity index (χ3v) is 6.78. The summed E-state index contributed by atoms with van der Waals surface area (Å²) in [6, 6.07) is 8.87. The molecule has 0 N–H and O–H groups in total. The minimum Gasteiger partial charge on any atom is -0.383 e. The van der Waals surface area contributed by atoms with E-state index in [1.807, 2.05) is 0 Å². The standard InChI is InChI=1S/C24H37NO2S/c1-18(2)21-10-12-22(13-11-21)23(28)24(19(3)8-7-9-20(24)4)25(14-16-26-5)15-17-27-6/h7-8,10-13,18-20H,9,14-17H2,1-6H3. The average Bonchev–Trinajstić information content (AvgIpc) is 2.69. The van der Waals surface area contributed by atoms with Gasteiger partial charge in [-0.1, -0.05) is 76.3 Å². The molecule has 0 saturated carbocycles. The van der Waals surface area contributed by atoms with Crippen LogP contribution in [0.2, 0.25) is 0 Å². The highest BCUT2D eigenvalue weighted by Crippen LogP contribution is 2.42. The molecular weight excluding hydrogens is 366 g/mol. The highest BCUT2D eigenvalue weighted by molar-refractivity contribution is 7.81. The van der Waals surface area contributed by atoms with E-state index in [1.54, 1.807) is 14.2 Å². The van der Waals surface area contributed by atoms with Gasteiger partial charge in [0.1, 0.15) is 0 Å².